The van der Waals surface area contributed by atoms with Crippen LogP contribution in [0.1, 0.15) is 43.0 Å². The van der Waals surface area contributed by atoms with Gasteiger partial charge in [-0.15, -0.1) is 0 Å². The van der Waals surface area contributed by atoms with Crippen LogP contribution < -0.4 is 10.1 Å². The number of amides is 2. The average molecular weight is 466 g/mol. The maximum Gasteiger partial charge on any atom is 0.419 e. The van der Waals surface area contributed by atoms with Crippen LogP contribution >= 0.6 is 0 Å². The van der Waals surface area contributed by atoms with Crippen molar-refractivity contribution < 1.29 is 31.9 Å². The zero-order valence-corrected chi connectivity index (χ0v) is 18.9. The summed E-state index contributed by atoms with van der Waals surface area (Å²) in [5.74, 6) is -1.49. The highest BCUT2D eigenvalue weighted by Gasteiger charge is 2.34. The highest BCUT2D eigenvalue weighted by molar-refractivity contribution is 5.95. The Balaban J connectivity index is 1.81. The van der Waals surface area contributed by atoms with Gasteiger partial charge in [0.15, 0.2) is 0 Å². The Labute approximate surface area is 189 Å². The molecule has 9 heteroatoms. The van der Waals surface area contributed by atoms with E-state index in [2.05, 4.69) is 5.32 Å². The fourth-order valence-electron chi connectivity index (χ4n) is 3.86. The monoisotopic (exact) mass is 466 g/mol. The van der Waals surface area contributed by atoms with Crippen LogP contribution in [-0.2, 0) is 35.2 Å². The molecule has 5 nitrogen and oxygen atoms in total. The molecule has 0 unspecified atom stereocenters. The van der Waals surface area contributed by atoms with E-state index >= 15 is 0 Å². The number of rotatable bonds is 4. The molecule has 0 saturated heterocycles. The maximum atomic E-state index is 13.8. The predicted molar refractivity (Wildman–Crippen MR) is 115 cm³/mol. The molecule has 0 fully saturated rings. The summed E-state index contributed by atoms with van der Waals surface area (Å²) < 4.78 is 57.5. The Morgan fingerprint density at radius 2 is 1.82 bits per heavy atom. The summed E-state index contributed by atoms with van der Waals surface area (Å²) in [5, 5.41) is 2.76. The minimum atomic E-state index is -4.80. The molecule has 2 amide bonds. The van der Waals surface area contributed by atoms with E-state index in [9.17, 15) is 27.2 Å². The summed E-state index contributed by atoms with van der Waals surface area (Å²) in [4.78, 5) is 27.1. The van der Waals surface area contributed by atoms with E-state index < -0.39 is 28.9 Å². The molecule has 0 aromatic heterocycles. The number of methoxy groups -OCH3 is 1. The first-order chi connectivity index (χ1) is 15.3. The summed E-state index contributed by atoms with van der Waals surface area (Å²) in [6.45, 7) is 6.43. The van der Waals surface area contributed by atoms with Crippen molar-refractivity contribution in [3.8, 4) is 5.75 Å². The van der Waals surface area contributed by atoms with Crippen molar-refractivity contribution >= 4 is 17.5 Å². The zero-order valence-electron chi connectivity index (χ0n) is 18.9. The van der Waals surface area contributed by atoms with Crippen molar-refractivity contribution in [1.29, 1.82) is 0 Å². The Bertz CT molecular complexity index is 1070. The van der Waals surface area contributed by atoms with Gasteiger partial charge in [0.05, 0.1) is 24.8 Å². The number of ether oxygens (including phenoxy) is 1. The van der Waals surface area contributed by atoms with Gasteiger partial charge in [-0.1, -0.05) is 32.9 Å². The predicted octanol–water partition coefficient (Wildman–Crippen LogP) is 4.97. The maximum absolute atomic E-state index is 13.8. The molecule has 1 N–H and O–H groups in total. The summed E-state index contributed by atoms with van der Waals surface area (Å²) in [6.07, 6.45) is -4.61. The molecule has 0 bridgehead atoms. The number of nitrogens with zero attached hydrogens (tertiary/aromatic N) is 1. The number of hydrogen-bond donors (Lipinski definition) is 1. The van der Waals surface area contributed by atoms with Gasteiger partial charge in [0, 0.05) is 18.5 Å². The summed E-state index contributed by atoms with van der Waals surface area (Å²) in [6, 6.07) is 5.97. The number of carbonyl (C=O) groups is 2. The van der Waals surface area contributed by atoms with Gasteiger partial charge in [-0.05, 0) is 41.3 Å². The Morgan fingerprint density at radius 3 is 2.39 bits per heavy atom. The Morgan fingerprint density at radius 1 is 1.12 bits per heavy atom. The van der Waals surface area contributed by atoms with E-state index in [0.29, 0.717) is 37.0 Å². The first-order valence-electron chi connectivity index (χ1n) is 10.4. The minimum Gasteiger partial charge on any atom is -0.495 e. The van der Waals surface area contributed by atoms with Crippen molar-refractivity contribution in [3.05, 3.63) is 58.4 Å². The number of fused-ring (bicyclic) bond motifs is 1. The molecule has 178 valence electrons. The third-order valence-electron chi connectivity index (χ3n) is 5.48. The molecule has 1 aliphatic rings. The molecule has 0 spiro atoms. The second-order valence-electron chi connectivity index (χ2n) is 9.04. The zero-order chi connectivity index (χ0) is 24.6. The van der Waals surface area contributed by atoms with Crippen LogP contribution in [0.2, 0.25) is 0 Å². The Kier molecular flexibility index (Phi) is 6.72. The Hall–Kier alpha value is -3.10. The standard InChI is InChI=1S/C24H26F4N2O3/c1-23(2,3)22(32)30-10-9-16-15(13-30)6-8-19(33-4)21(16)29-20(31)12-14-5-7-17(18(25)11-14)24(26,27)28/h5-8,11H,9-10,12-13H2,1-4H3,(H,29,31). The number of anilines is 1. The quantitative estimate of drug-likeness (QED) is 0.648. The normalized spacial score (nSPS) is 14.0. The van der Waals surface area contributed by atoms with Crippen LogP contribution in [0, 0.1) is 11.2 Å². The molecule has 0 radical (unpaired) electrons. The number of nitrogens with one attached hydrogen (secondary N) is 1. The van der Waals surface area contributed by atoms with Gasteiger partial charge in [-0.25, -0.2) is 4.39 Å². The highest BCUT2D eigenvalue weighted by Crippen LogP contribution is 2.36. The number of benzene rings is 2. The van der Waals surface area contributed by atoms with E-state index in [0.717, 1.165) is 23.3 Å². The lowest BCUT2D eigenvalue weighted by atomic mass is 9.91. The van der Waals surface area contributed by atoms with E-state index in [-0.39, 0.29) is 17.9 Å². The lowest BCUT2D eigenvalue weighted by Gasteiger charge is -2.34. The van der Waals surface area contributed by atoms with Gasteiger partial charge >= 0.3 is 6.18 Å². The molecule has 1 aliphatic heterocycles. The molecule has 3 rings (SSSR count). The molecule has 2 aromatic carbocycles. The second kappa shape index (κ2) is 9.03. The SMILES string of the molecule is COc1ccc2c(c1NC(=O)Cc1ccc(C(F)(F)F)c(F)c1)CCN(C(=O)C(C)(C)C)C2. The molecule has 33 heavy (non-hydrogen) atoms. The smallest absolute Gasteiger partial charge is 0.419 e. The third-order valence-corrected chi connectivity index (χ3v) is 5.48. The molecule has 0 saturated carbocycles. The van der Waals surface area contributed by atoms with Gasteiger partial charge in [0.1, 0.15) is 11.6 Å². The van der Waals surface area contributed by atoms with E-state index in [4.69, 9.17) is 4.74 Å². The van der Waals surface area contributed by atoms with Crippen LogP contribution in [0.25, 0.3) is 0 Å². The molecular weight excluding hydrogens is 440 g/mol. The average Bonchev–Trinajstić information content (AvgIpc) is 2.71. The summed E-state index contributed by atoms with van der Waals surface area (Å²) in [5.41, 5.74) is 0.381. The van der Waals surface area contributed by atoms with Crippen LogP contribution in [0.5, 0.6) is 5.75 Å². The molecular formula is C24H26F4N2O3. The van der Waals surface area contributed by atoms with Crippen molar-refractivity contribution in [2.75, 3.05) is 19.0 Å². The van der Waals surface area contributed by atoms with E-state index in [1.807, 2.05) is 26.8 Å². The van der Waals surface area contributed by atoms with Crippen molar-refractivity contribution in [2.24, 2.45) is 5.41 Å². The van der Waals surface area contributed by atoms with Gasteiger partial charge in [-0.2, -0.15) is 13.2 Å². The van der Waals surface area contributed by atoms with Gasteiger partial charge < -0.3 is 15.0 Å². The van der Waals surface area contributed by atoms with E-state index in [1.165, 1.54) is 7.11 Å². The molecule has 0 atom stereocenters. The summed E-state index contributed by atoms with van der Waals surface area (Å²) in [7, 11) is 1.46. The lowest BCUT2D eigenvalue weighted by molar-refractivity contribution is -0.141. The molecule has 0 aliphatic carbocycles. The van der Waals surface area contributed by atoms with Gasteiger partial charge in [0.2, 0.25) is 11.8 Å². The molecule has 1 heterocycles. The van der Waals surface area contributed by atoms with Gasteiger partial charge in [-0.3, -0.25) is 9.59 Å². The number of hydrogen-bond acceptors (Lipinski definition) is 3. The number of carbonyl (C=O) groups excluding carboxylic acids is 2. The minimum absolute atomic E-state index is 0.0267. The second-order valence-corrected chi connectivity index (χ2v) is 9.04. The highest BCUT2D eigenvalue weighted by atomic mass is 19.4. The van der Waals surface area contributed by atoms with Crippen molar-refractivity contribution in [2.45, 2.75) is 46.3 Å². The summed E-state index contributed by atoms with van der Waals surface area (Å²) >= 11 is 0. The fourth-order valence-corrected chi connectivity index (χ4v) is 3.86. The van der Waals surface area contributed by atoms with Crippen LogP contribution in [0.15, 0.2) is 30.3 Å². The first-order valence-corrected chi connectivity index (χ1v) is 10.4. The van der Waals surface area contributed by atoms with Crippen molar-refractivity contribution in [3.63, 3.8) is 0 Å². The van der Waals surface area contributed by atoms with Gasteiger partial charge in [0.25, 0.3) is 0 Å². The van der Waals surface area contributed by atoms with E-state index in [1.54, 1.807) is 11.0 Å². The largest absolute Gasteiger partial charge is 0.495 e. The third kappa shape index (κ3) is 5.46. The fraction of sp³-hybridized carbons (Fsp3) is 0.417. The number of alkyl halides is 3. The van der Waals surface area contributed by atoms with Crippen LogP contribution in [0.3, 0.4) is 0 Å². The topological polar surface area (TPSA) is 58.6 Å². The molecule has 2 aromatic rings. The first kappa shape index (κ1) is 24.5. The van der Waals surface area contributed by atoms with Crippen LogP contribution in [-0.4, -0.2) is 30.4 Å². The number of halogens is 4. The van der Waals surface area contributed by atoms with Crippen LogP contribution in [0.4, 0.5) is 23.2 Å². The lowest BCUT2D eigenvalue weighted by Crippen LogP contribution is -2.42. The van der Waals surface area contributed by atoms with Crippen molar-refractivity contribution in [1.82, 2.24) is 4.90 Å².